The minimum atomic E-state index is -0.520. The number of carbonyl (C=O) groups excluding carboxylic acids is 1. The lowest BCUT2D eigenvalue weighted by Crippen LogP contribution is -2.17. The number of nitrogens with one attached hydrogen (secondary N) is 1. The van der Waals surface area contributed by atoms with E-state index in [2.05, 4.69) is 10.5 Å². The number of phenols is 1. The number of hydrogen-bond acceptors (Lipinski definition) is 5. The Kier molecular flexibility index (Phi) is 6.25. The lowest BCUT2D eigenvalue weighted by molar-refractivity contribution is 0.0952. The SMILES string of the molecule is COc1ccc(C(=O)N/N=C\c2cccc(OCc3ccccc3)c2)c(O)c1. The van der Waals surface area contributed by atoms with Gasteiger partial charge in [0.25, 0.3) is 5.91 Å². The molecule has 0 bridgehead atoms. The van der Waals surface area contributed by atoms with E-state index < -0.39 is 5.91 Å². The van der Waals surface area contributed by atoms with E-state index in [-0.39, 0.29) is 11.3 Å². The van der Waals surface area contributed by atoms with Crippen molar-refractivity contribution in [1.82, 2.24) is 5.43 Å². The average molecular weight is 376 g/mol. The van der Waals surface area contributed by atoms with Crippen LogP contribution in [0.2, 0.25) is 0 Å². The molecule has 0 aliphatic rings. The topological polar surface area (TPSA) is 80.2 Å². The van der Waals surface area contributed by atoms with Crippen molar-refractivity contribution in [2.75, 3.05) is 7.11 Å². The van der Waals surface area contributed by atoms with E-state index in [0.717, 1.165) is 11.1 Å². The standard InChI is InChI=1S/C22H20N2O4/c1-27-18-10-11-20(21(25)13-18)22(26)24-23-14-17-8-5-9-19(12-17)28-15-16-6-3-2-4-7-16/h2-14,25H,15H2,1H3,(H,24,26)/b23-14-. The lowest BCUT2D eigenvalue weighted by atomic mass is 10.2. The van der Waals surface area contributed by atoms with Crippen LogP contribution in [0.4, 0.5) is 0 Å². The number of rotatable bonds is 7. The van der Waals surface area contributed by atoms with Gasteiger partial charge in [0, 0.05) is 6.07 Å². The summed E-state index contributed by atoms with van der Waals surface area (Å²) in [5.74, 6) is 0.466. The zero-order valence-corrected chi connectivity index (χ0v) is 15.3. The van der Waals surface area contributed by atoms with Crippen LogP contribution in [0.5, 0.6) is 17.2 Å². The molecule has 1 amide bonds. The summed E-state index contributed by atoms with van der Waals surface area (Å²) in [5, 5.41) is 13.8. The van der Waals surface area contributed by atoms with Crippen LogP contribution in [0.15, 0.2) is 77.9 Å². The van der Waals surface area contributed by atoms with Gasteiger partial charge in [-0.3, -0.25) is 4.79 Å². The van der Waals surface area contributed by atoms with Gasteiger partial charge in [0.05, 0.1) is 18.9 Å². The van der Waals surface area contributed by atoms with Crippen LogP contribution in [0, 0.1) is 0 Å². The third kappa shape index (κ3) is 5.11. The van der Waals surface area contributed by atoms with Gasteiger partial charge in [-0.1, -0.05) is 42.5 Å². The molecule has 6 nitrogen and oxygen atoms in total. The second-order valence-corrected chi connectivity index (χ2v) is 5.93. The Hall–Kier alpha value is -3.80. The van der Waals surface area contributed by atoms with Crippen LogP contribution in [-0.4, -0.2) is 24.3 Å². The van der Waals surface area contributed by atoms with Gasteiger partial charge in [0.2, 0.25) is 0 Å². The Bertz CT molecular complexity index is 971. The molecule has 0 saturated carbocycles. The van der Waals surface area contributed by atoms with Crippen LogP contribution in [0.25, 0.3) is 0 Å². The van der Waals surface area contributed by atoms with Crippen LogP contribution in [0.3, 0.4) is 0 Å². The largest absolute Gasteiger partial charge is 0.507 e. The van der Waals surface area contributed by atoms with Crippen LogP contribution < -0.4 is 14.9 Å². The first-order chi connectivity index (χ1) is 13.7. The van der Waals surface area contributed by atoms with E-state index in [1.807, 2.05) is 54.6 Å². The molecule has 6 heteroatoms. The molecule has 0 heterocycles. The zero-order valence-electron chi connectivity index (χ0n) is 15.3. The summed E-state index contributed by atoms with van der Waals surface area (Å²) < 4.78 is 10.8. The number of benzene rings is 3. The minimum Gasteiger partial charge on any atom is -0.507 e. The van der Waals surface area contributed by atoms with E-state index >= 15 is 0 Å². The fourth-order valence-electron chi connectivity index (χ4n) is 2.48. The third-order valence-corrected chi connectivity index (χ3v) is 3.94. The quantitative estimate of drug-likeness (QED) is 0.486. The maximum Gasteiger partial charge on any atom is 0.275 e. The molecule has 0 fully saturated rings. The van der Waals surface area contributed by atoms with Gasteiger partial charge >= 0.3 is 0 Å². The fourth-order valence-corrected chi connectivity index (χ4v) is 2.48. The molecule has 3 aromatic rings. The number of amides is 1. The van der Waals surface area contributed by atoms with Crippen molar-refractivity contribution < 1.29 is 19.4 Å². The third-order valence-electron chi connectivity index (χ3n) is 3.94. The highest BCUT2D eigenvalue weighted by molar-refractivity contribution is 5.97. The lowest BCUT2D eigenvalue weighted by Gasteiger charge is -2.07. The number of aromatic hydroxyl groups is 1. The van der Waals surface area contributed by atoms with Crippen molar-refractivity contribution >= 4 is 12.1 Å². The number of ether oxygens (including phenoxy) is 2. The van der Waals surface area contributed by atoms with Crippen LogP contribution in [-0.2, 0) is 6.61 Å². The summed E-state index contributed by atoms with van der Waals surface area (Å²) in [5.41, 5.74) is 4.35. The number of nitrogens with zero attached hydrogens (tertiary/aromatic N) is 1. The first-order valence-corrected chi connectivity index (χ1v) is 8.63. The molecule has 0 atom stereocenters. The number of carbonyl (C=O) groups is 1. The van der Waals surface area contributed by atoms with Crippen LogP contribution in [0.1, 0.15) is 21.5 Å². The highest BCUT2D eigenvalue weighted by Crippen LogP contribution is 2.23. The molecule has 142 valence electrons. The normalized spacial score (nSPS) is 10.6. The molecule has 3 aromatic carbocycles. The summed E-state index contributed by atoms with van der Waals surface area (Å²) in [6, 6.07) is 21.7. The second kappa shape index (κ2) is 9.23. The highest BCUT2D eigenvalue weighted by atomic mass is 16.5. The molecule has 0 unspecified atom stereocenters. The van der Waals surface area contributed by atoms with Gasteiger partial charge < -0.3 is 14.6 Å². The van der Waals surface area contributed by atoms with Crippen molar-refractivity contribution in [2.24, 2.45) is 5.10 Å². The van der Waals surface area contributed by atoms with E-state index in [1.54, 1.807) is 6.07 Å². The Balaban J connectivity index is 1.59. The molecule has 0 aromatic heterocycles. The Morgan fingerprint density at radius 3 is 2.61 bits per heavy atom. The van der Waals surface area contributed by atoms with E-state index in [9.17, 15) is 9.90 Å². The van der Waals surface area contributed by atoms with Crippen LogP contribution >= 0.6 is 0 Å². The molecule has 2 N–H and O–H groups in total. The maximum atomic E-state index is 12.1. The first-order valence-electron chi connectivity index (χ1n) is 8.63. The average Bonchev–Trinajstić information content (AvgIpc) is 2.73. The molecule has 3 rings (SSSR count). The molecule has 0 aliphatic carbocycles. The van der Waals surface area contributed by atoms with Crippen molar-refractivity contribution in [3.8, 4) is 17.2 Å². The number of phenolic OH excluding ortho intramolecular Hbond substituents is 1. The van der Waals surface area contributed by atoms with E-state index in [4.69, 9.17) is 9.47 Å². The van der Waals surface area contributed by atoms with Crippen molar-refractivity contribution in [3.63, 3.8) is 0 Å². The summed E-state index contributed by atoms with van der Waals surface area (Å²) in [7, 11) is 1.48. The predicted octanol–water partition coefficient (Wildman–Crippen LogP) is 3.74. The Morgan fingerprint density at radius 2 is 1.86 bits per heavy atom. The highest BCUT2D eigenvalue weighted by Gasteiger charge is 2.11. The predicted molar refractivity (Wildman–Crippen MR) is 107 cm³/mol. The molecule has 0 saturated heterocycles. The number of hydrogen-bond donors (Lipinski definition) is 2. The fraction of sp³-hybridized carbons (Fsp3) is 0.0909. The molecule has 0 aliphatic heterocycles. The first kappa shape index (κ1) is 19.0. The Morgan fingerprint density at radius 1 is 1.04 bits per heavy atom. The smallest absolute Gasteiger partial charge is 0.275 e. The van der Waals surface area contributed by atoms with E-state index in [1.165, 1.54) is 25.5 Å². The summed E-state index contributed by atoms with van der Waals surface area (Å²) in [6.45, 7) is 0.467. The monoisotopic (exact) mass is 376 g/mol. The summed E-state index contributed by atoms with van der Waals surface area (Å²) in [4.78, 5) is 12.1. The Labute approximate surface area is 163 Å². The van der Waals surface area contributed by atoms with Crippen molar-refractivity contribution in [3.05, 3.63) is 89.5 Å². The van der Waals surface area contributed by atoms with Crippen molar-refractivity contribution in [1.29, 1.82) is 0 Å². The maximum absolute atomic E-state index is 12.1. The number of hydrazone groups is 1. The zero-order chi connectivity index (χ0) is 19.8. The van der Waals surface area contributed by atoms with Gasteiger partial charge in [-0.15, -0.1) is 0 Å². The number of methoxy groups -OCH3 is 1. The molecule has 0 spiro atoms. The molecular formula is C22H20N2O4. The van der Waals surface area contributed by atoms with E-state index in [0.29, 0.717) is 18.1 Å². The second-order valence-electron chi connectivity index (χ2n) is 5.93. The van der Waals surface area contributed by atoms with Gasteiger partial charge in [-0.25, -0.2) is 5.43 Å². The van der Waals surface area contributed by atoms with Crippen molar-refractivity contribution in [2.45, 2.75) is 6.61 Å². The summed E-state index contributed by atoms with van der Waals surface area (Å²) in [6.07, 6.45) is 1.51. The van der Waals surface area contributed by atoms with Gasteiger partial charge in [-0.2, -0.15) is 5.10 Å². The van der Waals surface area contributed by atoms with Gasteiger partial charge in [0.15, 0.2) is 0 Å². The molecule has 0 radical (unpaired) electrons. The summed E-state index contributed by atoms with van der Waals surface area (Å²) >= 11 is 0. The van der Waals surface area contributed by atoms with Gasteiger partial charge in [0.1, 0.15) is 23.9 Å². The van der Waals surface area contributed by atoms with Gasteiger partial charge in [-0.05, 0) is 35.4 Å². The minimum absolute atomic E-state index is 0.109. The molecular weight excluding hydrogens is 356 g/mol. The molecule has 28 heavy (non-hydrogen) atoms.